The summed E-state index contributed by atoms with van der Waals surface area (Å²) in [6, 6.07) is 18.0. The topological polar surface area (TPSA) is 40.5 Å². The lowest BCUT2D eigenvalue weighted by Crippen LogP contribution is -2.19. The smallest absolute Gasteiger partial charge is 0.489 e. The van der Waals surface area contributed by atoms with E-state index in [1.807, 2.05) is 30.3 Å². The number of pyridine rings is 1. The number of hydrogen-bond acceptors (Lipinski definition) is 3. The van der Waals surface area contributed by atoms with E-state index in [9.17, 15) is 18.0 Å². The van der Waals surface area contributed by atoms with E-state index in [2.05, 4.69) is 4.74 Å². The minimum atomic E-state index is -4.73. The van der Waals surface area contributed by atoms with Crippen molar-refractivity contribution in [3.8, 4) is 11.5 Å². The van der Waals surface area contributed by atoms with E-state index in [4.69, 9.17) is 4.74 Å². The van der Waals surface area contributed by atoms with E-state index in [0.717, 1.165) is 5.56 Å². The molecule has 0 saturated carbocycles. The molecule has 0 radical (unpaired) electrons. The highest BCUT2D eigenvalue weighted by Gasteiger charge is 2.30. The van der Waals surface area contributed by atoms with Crippen LogP contribution in [0, 0.1) is 0 Å². The Labute approximate surface area is 153 Å². The minimum Gasteiger partial charge on any atom is -0.489 e. The molecule has 1 heterocycles. The fraction of sp³-hybridized carbons (Fsp3) is 0.150. The third-order valence-corrected chi connectivity index (χ3v) is 3.73. The van der Waals surface area contributed by atoms with Gasteiger partial charge < -0.3 is 14.0 Å². The Balaban J connectivity index is 1.63. The normalized spacial score (nSPS) is 11.2. The zero-order valence-corrected chi connectivity index (χ0v) is 14.1. The first-order valence-electron chi connectivity index (χ1n) is 8.11. The highest BCUT2D eigenvalue weighted by Crippen LogP contribution is 2.23. The summed E-state index contributed by atoms with van der Waals surface area (Å²) < 4.78 is 47.4. The van der Waals surface area contributed by atoms with Crippen molar-refractivity contribution in [2.75, 3.05) is 0 Å². The van der Waals surface area contributed by atoms with Crippen molar-refractivity contribution in [2.45, 2.75) is 19.5 Å². The third-order valence-electron chi connectivity index (χ3n) is 3.73. The van der Waals surface area contributed by atoms with Crippen LogP contribution in [0.4, 0.5) is 13.2 Å². The van der Waals surface area contributed by atoms with Gasteiger partial charge in [-0.05, 0) is 29.3 Å². The maximum atomic E-state index is 12.2. The van der Waals surface area contributed by atoms with Crippen LogP contribution in [-0.4, -0.2) is 10.9 Å². The number of halogens is 3. The SMILES string of the molecule is O=c1cc(OCc2ccccc2)ccn1Cc1ccc(OC(F)(F)F)cc1. The van der Waals surface area contributed by atoms with Crippen LogP contribution in [0.15, 0.2) is 77.7 Å². The zero-order chi connectivity index (χ0) is 19.3. The number of alkyl halides is 3. The first-order chi connectivity index (χ1) is 12.9. The van der Waals surface area contributed by atoms with Gasteiger partial charge in [0.05, 0.1) is 6.54 Å². The second-order valence-electron chi connectivity index (χ2n) is 5.79. The van der Waals surface area contributed by atoms with Gasteiger partial charge in [-0.25, -0.2) is 0 Å². The van der Waals surface area contributed by atoms with Crippen LogP contribution in [0.3, 0.4) is 0 Å². The molecule has 3 rings (SSSR count). The maximum Gasteiger partial charge on any atom is 0.573 e. The Morgan fingerprint density at radius 1 is 0.852 bits per heavy atom. The molecular formula is C20H16F3NO3. The van der Waals surface area contributed by atoms with Gasteiger partial charge in [0, 0.05) is 12.3 Å². The average molecular weight is 375 g/mol. The summed E-state index contributed by atoms with van der Waals surface area (Å²) in [4.78, 5) is 12.2. The van der Waals surface area contributed by atoms with Crippen molar-refractivity contribution in [3.63, 3.8) is 0 Å². The average Bonchev–Trinajstić information content (AvgIpc) is 2.63. The van der Waals surface area contributed by atoms with Gasteiger partial charge in [0.25, 0.3) is 5.56 Å². The van der Waals surface area contributed by atoms with E-state index in [1.165, 1.54) is 34.9 Å². The van der Waals surface area contributed by atoms with Crippen molar-refractivity contribution < 1.29 is 22.6 Å². The van der Waals surface area contributed by atoms with E-state index in [1.54, 1.807) is 12.3 Å². The molecule has 0 aliphatic carbocycles. The predicted octanol–water partition coefficient (Wildman–Crippen LogP) is 4.37. The Morgan fingerprint density at radius 2 is 1.56 bits per heavy atom. The quantitative estimate of drug-likeness (QED) is 0.642. The molecule has 1 aromatic heterocycles. The summed E-state index contributed by atoms with van der Waals surface area (Å²) in [6.45, 7) is 0.578. The van der Waals surface area contributed by atoms with Crippen LogP contribution in [0.2, 0.25) is 0 Å². The molecule has 4 nitrogen and oxygen atoms in total. The lowest BCUT2D eigenvalue weighted by molar-refractivity contribution is -0.274. The van der Waals surface area contributed by atoms with Crippen LogP contribution >= 0.6 is 0 Å². The van der Waals surface area contributed by atoms with Crippen molar-refractivity contribution in [3.05, 3.63) is 94.4 Å². The first kappa shape index (κ1) is 18.6. The van der Waals surface area contributed by atoms with Gasteiger partial charge in [0.1, 0.15) is 18.1 Å². The summed E-state index contributed by atoms with van der Waals surface area (Å²) in [5, 5.41) is 0. The number of rotatable bonds is 6. The maximum absolute atomic E-state index is 12.2. The summed E-state index contributed by atoms with van der Waals surface area (Å²) in [6.07, 6.45) is -3.14. The van der Waals surface area contributed by atoms with Crippen molar-refractivity contribution in [1.82, 2.24) is 4.57 Å². The molecule has 2 aromatic carbocycles. The summed E-state index contributed by atoms with van der Waals surface area (Å²) in [5.41, 5.74) is 1.39. The van der Waals surface area contributed by atoms with Gasteiger partial charge in [0.2, 0.25) is 0 Å². The van der Waals surface area contributed by atoms with Crippen LogP contribution < -0.4 is 15.0 Å². The monoisotopic (exact) mass is 375 g/mol. The van der Waals surface area contributed by atoms with Crippen molar-refractivity contribution in [1.29, 1.82) is 0 Å². The Hall–Kier alpha value is -3.22. The molecule has 7 heteroatoms. The number of ether oxygens (including phenoxy) is 2. The van der Waals surface area contributed by atoms with E-state index >= 15 is 0 Å². The fourth-order valence-corrected chi connectivity index (χ4v) is 2.44. The molecule has 0 spiro atoms. The molecule has 0 aliphatic heterocycles. The third kappa shape index (κ3) is 5.64. The van der Waals surface area contributed by atoms with Gasteiger partial charge in [-0.3, -0.25) is 4.79 Å². The summed E-state index contributed by atoms with van der Waals surface area (Å²) in [7, 11) is 0. The molecule has 0 N–H and O–H groups in total. The molecule has 27 heavy (non-hydrogen) atoms. The predicted molar refractivity (Wildman–Crippen MR) is 93.7 cm³/mol. The van der Waals surface area contributed by atoms with Crippen LogP contribution in [0.5, 0.6) is 11.5 Å². The summed E-state index contributed by atoms with van der Waals surface area (Å²) in [5.74, 6) is 0.150. The second kappa shape index (κ2) is 7.99. The van der Waals surface area contributed by atoms with Gasteiger partial charge in [-0.2, -0.15) is 0 Å². The highest BCUT2D eigenvalue weighted by atomic mass is 19.4. The lowest BCUT2D eigenvalue weighted by Gasteiger charge is -2.11. The van der Waals surface area contributed by atoms with Gasteiger partial charge in [-0.15, -0.1) is 13.2 Å². The van der Waals surface area contributed by atoms with E-state index in [0.29, 0.717) is 17.9 Å². The molecule has 3 aromatic rings. The largest absolute Gasteiger partial charge is 0.573 e. The Morgan fingerprint density at radius 3 is 2.19 bits per heavy atom. The molecule has 0 amide bonds. The molecule has 0 aliphatic rings. The standard InChI is InChI=1S/C20H16F3NO3/c21-20(22,23)27-17-8-6-15(7-9-17)13-24-11-10-18(12-19(24)25)26-14-16-4-2-1-3-5-16/h1-12H,13-14H2. The van der Waals surface area contributed by atoms with E-state index in [-0.39, 0.29) is 17.9 Å². The van der Waals surface area contributed by atoms with Crippen molar-refractivity contribution in [2.24, 2.45) is 0 Å². The minimum absolute atomic E-state index is 0.226. The van der Waals surface area contributed by atoms with Crippen LogP contribution in [0.1, 0.15) is 11.1 Å². The van der Waals surface area contributed by atoms with E-state index < -0.39 is 6.36 Å². The number of hydrogen-bond donors (Lipinski definition) is 0. The fourth-order valence-electron chi connectivity index (χ4n) is 2.44. The highest BCUT2D eigenvalue weighted by molar-refractivity contribution is 5.28. The lowest BCUT2D eigenvalue weighted by atomic mass is 10.2. The molecule has 0 atom stereocenters. The molecular weight excluding hydrogens is 359 g/mol. The number of aromatic nitrogens is 1. The van der Waals surface area contributed by atoms with Crippen molar-refractivity contribution >= 4 is 0 Å². The molecule has 0 bridgehead atoms. The first-order valence-corrected chi connectivity index (χ1v) is 8.11. The second-order valence-corrected chi connectivity index (χ2v) is 5.79. The van der Waals surface area contributed by atoms with Crippen LogP contribution in [0.25, 0.3) is 0 Å². The van der Waals surface area contributed by atoms with Crippen LogP contribution in [-0.2, 0) is 13.2 Å². The zero-order valence-electron chi connectivity index (χ0n) is 14.1. The summed E-state index contributed by atoms with van der Waals surface area (Å²) >= 11 is 0. The number of benzene rings is 2. The molecule has 140 valence electrons. The van der Waals surface area contributed by atoms with Gasteiger partial charge in [-0.1, -0.05) is 42.5 Å². The van der Waals surface area contributed by atoms with Gasteiger partial charge >= 0.3 is 6.36 Å². The Kier molecular flexibility index (Phi) is 5.49. The van der Waals surface area contributed by atoms with Gasteiger partial charge in [0.15, 0.2) is 0 Å². The molecule has 0 unspecified atom stereocenters. The Bertz CT molecular complexity index is 935. The molecule has 0 fully saturated rings. The number of nitrogens with zero attached hydrogens (tertiary/aromatic N) is 1. The molecule has 0 saturated heterocycles.